The first kappa shape index (κ1) is 7.54. The summed E-state index contributed by atoms with van der Waals surface area (Å²) in [6.07, 6.45) is 3.12. The maximum Gasteiger partial charge on any atom is 0.210 e. The molecule has 0 spiro atoms. The summed E-state index contributed by atoms with van der Waals surface area (Å²) in [5.74, 6) is 0. The van der Waals surface area contributed by atoms with Crippen molar-refractivity contribution in [2.75, 3.05) is 0 Å². The Kier molecular flexibility index (Phi) is 2.44. The van der Waals surface area contributed by atoms with Crippen LogP contribution in [0.4, 0.5) is 0 Å². The molecular weight excluding hydrogens is 138 g/mol. The van der Waals surface area contributed by atoms with Crippen LogP contribution in [-0.2, 0) is 0 Å². The van der Waals surface area contributed by atoms with Crippen LogP contribution in [0.15, 0.2) is 35.1 Å². The van der Waals surface area contributed by atoms with Gasteiger partial charge < -0.3 is 4.42 Å². The van der Waals surface area contributed by atoms with Gasteiger partial charge in [0.05, 0.1) is 6.26 Å². The summed E-state index contributed by atoms with van der Waals surface area (Å²) in [6, 6.07) is 5.37. The third kappa shape index (κ3) is 2.67. The van der Waals surface area contributed by atoms with Crippen molar-refractivity contribution >= 4 is 13.2 Å². The highest BCUT2D eigenvalue weighted by Gasteiger charge is 1.68. The fraction of sp³-hybridized carbons (Fsp3) is 0. The molecule has 56 valence electrons. The number of hydrogen-bond donors (Lipinski definition) is 0. The van der Waals surface area contributed by atoms with Crippen molar-refractivity contribution in [2.24, 2.45) is 0 Å². The molecule has 1 heterocycles. The minimum atomic E-state index is 0.376. The van der Waals surface area contributed by atoms with Crippen LogP contribution in [0, 0.1) is 0 Å². The van der Waals surface area contributed by atoms with Crippen molar-refractivity contribution in [3.63, 3.8) is 0 Å². The highest BCUT2D eigenvalue weighted by atomic mass is 16.3. The Morgan fingerprint density at radius 3 is 2.91 bits per heavy atom. The van der Waals surface area contributed by atoms with Gasteiger partial charge in [-0.1, -0.05) is 12.6 Å². The van der Waals surface area contributed by atoms with Crippen molar-refractivity contribution < 1.29 is 4.42 Å². The molecule has 0 radical (unpaired) electrons. The van der Waals surface area contributed by atoms with Crippen LogP contribution in [0.2, 0.25) is 0 Å². The van der Waals surface area contributed by atoms with Gasteiger partial charge in [-0.25, -0.2) is 4.98 Å². The van der Waals surface area contributed by atoms with E-state index in [4.69, 9.17) is 4.42 Å². The number of nitrogens with zero attached hydrogens (tertiary/aromatic N) is 1. The molecule has 1 aromatic heterocycles. The van der Waals surface area contributed by atoms with Crippen molar-refractivity contribution in [2.45, 2.75) is 0 Å². The Morgan fingerprint density at radius 2 is 2.09 bits per heavy atom. The standard InChI is InChI=1S/C9H9NO/c1-8-4-3-6-10-9(2)11-7-5-8/h3-7H,1-2H2. The normalized spacial score (nSPS) is 8.73. The van der Waals surface area contributed by atoms with Crippen molar-refractivity contribution in [3.8, 4) is 0 Å². The van der Waals surface area contributed by atoms with Gasteiger partial charge >= 0.3 is 0 Å². The summed E-state index contributed by atoms with van der Waals surface area (Å²) in [5.41, 5.74) is 0.376. The van der Waals surface area contributed by atoms with Crippen LogP contribution in [0.1, 0.15) is 0 Å². The molecule has 0 atom stereocenters. The summed E-state index contributed by atoms with van der Waals surface area (Å²) in [6.45, 7) is 7.29. The predicted octanol–water partition coefficient (Wildman–Crippen LogP) is 0.620. The second kappa shape index (κ2) is 3.56. The van der Waals surface area contributed by atoms with Crippen LogP contribution < -0.4 is 10.8 Å². The Labute approximate surface area is 64.8 Å². The molecule has 0 aliphatic carbocycles. The van der Waals surface area contributed by atoms with Gasteiger partial charge in [0.2, 0.25) is 5.55 Å². The molecule has 0 amide bonds. The second-order valence-electron chi connectivity index (χ2n) is 2.03. The maximum atomic E-state index is 4.96. The first-order chi connectivity index (χ1) is 5.29. The molecule has 0 bridgehead atoms. The van der Waals surface area contributed by atoms with Gasteiger partial charge in [-0.15, -0.1) is 0 Å². The summed E-state index contributed by atoms with van der Waals surface area (Å²) < 4.78 is 4.96. The van der Waals surface area contributed by atoms with E-state index < -0.39 is 0 Å². The van der Waals surface area contributed by atoms with E-state index in [9.17, 15) is 0 Å². The first-order valence-electron chi connectivity index (χ1n) is 3.21. The summed E-state index contributed by atoms with van der Waals surface area (Å²) in [4.78, 5) is 3.86. The van der Waals surface area contributed by atoms with E-state index in [2.05, 4.69) is 18.1 Å². The fourth-order valence-electron chi connectivity index (χ4n) is 0.579. The highest BCUT2D eigenvalue weighted by molar-refractivity contribution is 5.02. The Balaban J connectivity index is 3.44. The van der Waals surface area contributed by atoms with Crippen LogP contribution in [0.5, 0.6) is 0 Å². The van der Waals surface area contributed by atoms with E-state index in [1.54, 1.807) is 18.3 Å². The Bertz CT molecular complexity index is 330. The number of hydrogen-bond acceptors (Lipinski definition) is 2. The van der Waals surface area contributed by atoms with Gasteiger partial charge in [-0.05, 0) is 23.9 Å². The molecule has 1 rings (SSSR count). The summed E-state index contributed by atoms with van der Waals surface area (Å²) in [7, 11) is 0. The molecule has 0 aromatic carbocycles. The topological polar surface area (TPSA) is 26.0 Å². The van der Waals surface area contributed by atoms with Crippen molar-refractivity contribution in [1.82, 2.24) is 4.98 Å². The molecule has 2 heteroatoms. The molecular formula is C9H9NO. The SMILES string of the molecule is C=c1cccnc(=C)occ1. The van der Waals surface area contributed by atoms with Gasteiger partial charge in [-0.3, -0.25) is 0 Å². The number of aromatic nitrogens is 1. The van der Waals surface area contributed by atoms with Crippen molar-refractivity contribution in [3.05, 3.63) is 41.4 Å². The maximum absolute atomic E-state index is 4.96. The fourth-order valence-corrected chi connectivity index (χ4v) is 0.579. The smallest absolute Gasteiger partial charge is 0.210 e. The van der Waals surface area contributed by atoms with Gasteiger partial charge in [0.25, 0.3) is 0 Å². The van der Waals surface area contributed by atoms with E-state index in [1.807, 2.05) is 6.07 Å². The van der Waals surface area contributed by atoms with E-state index in [-0.39, 0.29) is 0 Å². The molecule has 0 saturated carbocycles. The zero-order chi connectivity index (χ0) is 8.10. The molecule has 2 nitrogen and oxygen atoms in total. The van der Waals surface area contributed by atoms with Crippen molar-refractivity contribution in [1.29, 1.82) is 0 Å². The molecule has 1 aromatic rings. The molecule has 0 aliphatic rings. The molecule has 11 heavy (non-hydrogen) atoms. The van der Waals surface area contributed by atoms with Crippen LogP contribution >= 0.6 is 0 Å². The third-order valence-electron chi connectivity index (χ3n) is 1.10. The monoisotopic (exact) mass is 147 g/mol. The minimum absolute atomic E-state index is 0.376. The minimum Gasteiger partial charge on any atom is -0.447 e. The van der Waals surface area contributed by atoms with E-state index in [0.717, 1.165) is 5.22 Å². The lowest BCUT2D eigenvalue weighted by Gasteiger charge is -1.70. The van der Waals surface area contributed by atoms with E-state index in [0.29, 0.717) is 5.55 Å². The molecule has 0 aliphatic heterocycles. The lowest BCUT2D eigenvalue weighted by Crippen LogP contribution is -1.96. The molecule has 0 saturated heterocycles. The second-order valence-corrected chi connectivity index (χ2v) is 2.03. The third-order valence-corrected chi connectivity index (χ3v) is 1.10. The highest BCUT2D eigenvalue weighted by Crippen LogP contribution is 1.65. The van der Waals surface area contributed by atoms with Gasteiger partial charge in [0, 0.05) is 6.20 Å². The Hall–Kier alpha value is -1.57. The lowest BCUT2D eigenvalue weighted by atomic mass is 10.4. The largest absolute Gasteiger partial charge is 0.447 e. The van der Waals surface area contributed by atoms with Gasteiger partial charge in [0.1, 0.15) is 0 Å². The summed E-state index contributed by atoms with van der Waals surface area (Å²) in [5, 5.41) is 0.867. The van der Waals surface area contributed by atoms with Crippen LogP contribution in [0.25, 0.3) is 13.2 Å². The van der Waals surface area contributed by atoms with Crippen LogP contribution in [-0.4, -0.2) is 4.98 Å². The molecule has 0 fully saturated rings. The number of rotatable bonds is 0. The first-order valence-corrected chi connectivity index (χ1v) is 3.21. The quantitative estimate of drug-likeness (QED) is 0.537. The van der Waals surface area contributed by atoms with E-state index >= 15 is 0 Å². The van der Waals surface area contributed by atoms with E-state index in [1.165, 1.54) is 6.26 Å². The lowest BCUT2D eigenvalue weighted by molar-refractivity contribution is 0.498. The zero-order valence-electron chi connectivity index (χ0n) is 6.16. The zero-order valence-corrected chi connectivity index (χ0v) is 6.16. The van der Waals surface area contributed by atoms with Gasteiger partial charge in [0.15, 0.2) is 0 Å². The van der Waals surface area contributed by atoms with Crippen LogP contribution in [0.3, 0.4) is 0 Å². The summed E-state index contributed by atoms with van der Waals surface area (Å²) >= 11 is 0. The molecule has 0 N–H and O–H groups in total. The predicted molar refractivity (Wildman–Crippen MR) is 44.4 cm³/mol. The average Bonchev–Trinajstić information content (AvgIpc) is 2.04. The molecule has 0 unspecified atom stereocenters. The average molecular weight is 147 g/mol. The van der Waals surface area contributed by atoms with Gasteiger partial charge in [-0.2, -0.15) is 0 Å². The Morgan fingerprint density at radius 1 is 1.27 bits per heavy atom.